The van der Waals surface area contributed by atoms with E-state index in [2.05, 4.69) is 4.90 Å². The first-order valence-corrected chi connectivity index (χ1v) is 14.1. The fourth-order valence-electron chi connectivity index (χ4n) is 5.62. The van der Waals surface area contributed by atoms with Gasteiger partial charge < -0.3 is 19.3 Å². The molecule has 40 heavy (non-hydrogen) atoms. The van der Waals surface area contributed by atoms with Crippen LogP contribution in [0, 0.1) is 11.7 Å². The summed E-state index contributed by atoms with van der Waals surface area (Å²) in [5, 5.41) is 0. The van der Waals surface area contributed by atoms with Gasteiger partial charge in [-0.3, -0.25) is 4.79 Å². The predicted octanol–water partition coefficient (Wildman–Crippen LogP) is 5.84. The number of benzene rings is 2. The Bertz CT molecular complexity index is 1160. The highest BCUT2D eigenvalue weighted by molar-refractivity contribution is 6.03. The molecular weight excluding hydrogens is 521 g/mol. The summed E-state index contributed by atoms with van der Waals surface area (Å²) in [5.74, 6) is -1.19. The molecule has 2 atom stereocenters. The Balaban J connectivity index is 1.39. The Morgan fingerprint density at radius 2 is 1.73 bits per heavy atom. The van der Waals surface area contributed by atoms with Crippen molar-refractivity contribution in [1.29, 1.82) is 0 Å². The van der Waals surface area contributed by atoms with E-state index < -0.39 is 35.6 Å². The maximum atomic E-state index is 15.0. The van der Waals surface area contributed by atoms with Crippen molar-refractivity contribution in [2.75, 3.05) is 39.9 Å². The molecule has 4 rings (SSSR count). The van der Waals surface area contributed by atoms with Crippen LogP contribution in [0.5, 0.6) is 5.75 Å². The van der Waals surface area contributed by atoms with Crippen LogP contribution in [0.15, 0.2) is 42.5 Å². The zero-order valence-electron chi connectivity index (χ0n) is 23.5. The van der Waals surface area contributed by atoms with E-state index in [1.54, 1.807) is 30.3 Å². The lowest BCUT2D eigenvalue weighted by Crippen LogP contribution is -2.44. The monoisotopic (exact) mass is 560 g/mol. The van der Waals surface area contributed by atoms with Gasteiger partial charge in [-0.1, -0.05) is 38.1 Å². The predicted molar refractivity (Wildman–Crippen MR) is 147 cm³/mol. The summed E-state index contributed by atoms with van der Waals surface area (Å²) >= 11 is 0. The Morgan fingerprint density at radius 3 is 2.35 bits per heavy atom. The fraction of sp³-hybridized carbons (Fsp3) is 0.548. The molecule has 2 heterocycles. The van der Waals surface area contributed by atoms with Crippen LogP contribution in [0.4, 0.5) is 13.2 Å². The van der Waals surface area contributed by atoms with Crippen molar-refractivity contribution >= 4 is 11.9 Å². The first-order chi connectivity index (χ1) is 19.2. The van der Waals surface area contributed by atoms with Crippen LogP contribution < -0.4 is 4.74 Å². The SMILES string of the molecule is CCC(F)(CC)CN1CCC(COc2ccc(-c3cccc(F)c3C(=O)N3C[C@@H](F)C[C@H]3C(=O)OC)cc2)CC1. The molecule has 2 aromatic carbocycles. The molecule has 0 spiro atoms. The Morgan fingerprint density at radius 1 is 1.05 bits per heavy atom. The number of rotatable bonds is 10. The number of piperidine rings is 1. The number of carbonyl (C=O) groups is 2. The van der Waals surface area contributed by atoms with Gasteiger partial charge in [0.1, 0.15) is 29.4 Å². The van der Waals surface area contributed by atoms with Crippen LogP contribution in [-0.2, 0) is 9.53 Å². The summed E-state index contributed by atoms with van der Waals surface area (Å²) in [6, 6.07) is 10.3. The number of ether oxygens (including phenoxy) is 2. The summed E-state index contributed by atoms with van der Waals surface area (Å²) in [5.41, 5.74) is -0.396. The highest BCUT2D eigenvalue weighted by atomic mass is 19.1. The number of amides is 1. The lowest BCUT2D eigenvalue weighted by Gasteiger charge is -2.36. The van der Waals surface area contributed by atoms with E-state index in [-0.39, 0.29) is 18.5 Å². The normalized spacial score (nSPS) is 20.5. The standard InChI is InChI=1S/C31H39F3N2O4/c1-4-31(34,5-2)20-35-15-13-21(14-16-35)19-40-24-11-9-22(10-12-24)25-7-6-8-26(33)28(25)29(37)36-18-23(32)17-27(36)30(38)39-3/h6-12,21,23,27H,4-5,13-20H2,1-3H3/t23-,27-/m0/s1. The van der Waals surface area contributed by atoms with Gasteiger partial charge in [-0.25, -0.2) is 18.0 Å². The van der Waals surface area contributed by atoms with Gasteiger partial charge in [0, 0.05) is 13.0 Å². The van der Waals surface area contributed by atoms with E-state index in [1.807, 2.05) is 13.8 Å². The molecule has 2 aliphatic rings. The van der Waals surface area contributed by atoms with Crippen LogP contribution in [0.1, 0.15) is 56.3 Å². The molecule has 0 aliphatic carbocycles. The zero-order chi connectivity index (χ0) is 28.9. The second-order valence-electron chi connectivity index (χ2n) is 10.9. The molecule has 0 aromatic heterocycles. The van der Waals surface area contributed by atoms with E-state index in [0.29, 0.717) is 48.8 Å². The van der Waals surface area contributed by atoms with Crippen LogP contribution in [-0.4, -0.2) is 79.5 Å². The maximum absolute atomic E-state index is 15.0. The highest BCUT2D eigenvalue weighted by Gasteiger charge is 2.42. The molecule has 1 amide bonds. The molecule has 0 N–H and O–H groups in total. The molecule has 218 valence electrons. The average Bonchev–Trinajstić information content (AvgIpc) is 3.37. The number of carbonyl (C=O) groups excluding carboxylic acids is 2. The summed E-state index contributed by atoms with van der Waals surface area (Å²) in [6.07, 6.45) is 1.37. The van der Waals surface area contributed by atoms with Gasteiger partial charge in [0.25, 0.3) is 5.91 Å². The van der Waals surface area contributed by atoms with E-state index in [4.69, 9.17) is 9.47 Å². The molecule has 0 unspecified atom stereocenters. The first-order valence-electron chi connectivity index (χ1n) is 14.1. The quantitative estimate of drug-likeness (QED) is 0.342. The van der Waals surface area contributed by atoms with E-state index in [9.17, 15) is 18.4 Å². The minimum Gasteiger partial charge on any atom is -0.493 e. The molecule has 0 saturated carbocycles. The van der Waals surface area contributed by atoms with Crippen molar-refractivity contribution in [3.05, 3.63) is 53.8 Å². The van der Waals surface area contributed by atoms with Crippen LogP contribution in [0.3, 0.4) is 0 Å². The highest BCUT2D eigenvalue weighted by Crippen LogP contribution is 2.32. The van der Waals surface area contributed by atoms with Crippen molar-refractivity contribution in [3.63, 3.8) is 0 Å². The third-order valence-electron chi connectivity index (χ3n) is 8.34. The van der Waals surface area contributed by atoms with Crippen molar-refractivity contribution in [2.45, 2.75) is 63.8 Å². The molecule has 6 nitrogen and oxygen atoms in total. The average molecular weight is 561 g/mol. The third kappa shape index (κ3) is 6.79. The van der Waals surface area contributed by atoms with Crippen molar-refractivity contribution in [1.82, 2.24) is 9.80 Å². The lowest BCUT2D eigenvalue weighted by atomic mass is 9.94. The number of methoxy groups -OCH3 is 1. The number of alkyl halides is 2. The van der Waals surface area contributed by atoms with Crippen molar-refractivity contribution in [2.24, 2.45) is 5.92 Å². The van der Waals surface area contributed by atoms with Gasteiger partial charge in [-0.2, -0.15) is 0 Å². The van der Waals surface area contributed by atoms with Gasteiger partial charge in [-0.15, -0.1) is 0 Å². The molecule has 0 bridgehead atoms. The van der Waals surface area contributed by atoms with Gasteiger partial charge in [0.05, 0.1) is 25.8 Å². The Kier molecular flexibility index (Phi) is 9.77. The summed E-state index contributed by atoms with van der Waals surface area (Å²) < 4.78 is 54.7. The van der Waals surface area contributed by atoms with E-state index in [0.717, 1.165) is 30.8 Å². The van der Waals surface area contributed by atoms with Gasteiger partial charge >= 0.3 is 5.97 Å². The third-order valence-corrected chi connectivity index (χ3v) is 8.34. The van der Waals surface area contributed by atoms with E-state index >= 15 is 4.39 Å². The van der Waals surface area contributed by atoms with Crippen molar-refractivity contribution < 1.29 is 32.2 Å². The number of nitrogens with zero attached hydrogens (tertiary/aromatic N) is 2. The smallest absolute Gasteiger partial charge is 0.328 e. The summed E-state index contributed by atoms with van der Waals surface area (Å²) in [6.45, 7) is 6.23. The topological polar surface area (TPSA) is 59.1 Å². The Hall–Kier alpha value is -3.07. The molecule has 0 radical (unpaired) electrons. The molecule has 2 aromatic rings. The number of halogens is 3. The number of esters is 1. The largest absolute Gasteiger partial charge is 0.493 e. The number of likely N-dealkylation sites (tertiary alicyclic amines) is 2. The molecule has 2 fully saturated rings. The van der Waals surface area contributed by atoms with Crippen LogP contribution >= 0.6 is 0 Å². The van der Waals surface area contributed by atoms with Gasteiger partial charge in [-0.05, 0) is 74.0 Å². The lowest BCUT2D eigenvalue weighted by molar-refractivity contribution is -0.145. The van der Waals surface area contributed by atoms with Crippen LogP contribution in [0.2, 0.25) is 0 Å². The second-order valence-corrected chi connectivity index (χ2v) is 10.9. The second kappa shape index (κ2) is 13.1. The van der Waals surface area contributed by atoms with Gasteiger partial charge in [0.2, 0.25) is 0 Å². The first kappa shape index (κ1) is 29.9. The van der Waals surface area contributed by atoms with Crippen LogP contribution in [0.25, 0.3) is 11.1 Å². The number of hydrogen-bond donors (Lipinski definition) is 0. The minimum absolute atomic E-state index is 0.179. The van der Waals surface area contributed by atoms with Gasteiger partial charge in [0.15, 0.2) is 0 Å². The Labute approximate surface area is 234 Å². The summed E-state index contributed by atoms with van der Waals surface area (Å²) in [4.78, 5) is 28.8. The fourth-order valence-corrected chi connectivity index (χ4v) is 5.62. The minimum atomic E-state index is -1.39. The maximum Gasteiger partial charge on any atom is 0.328 e. The summed E-state index contributed by atoms with van der Waals surface area (Å²) in [7, 11) is 1.17. The number of hydrogen-bond acceptors (Lipinski definition) is 5. The zero-order valence-corrected chi connectivity index (χ0v) is 23.5. The van der Waals surface area contributed by atoms with Crippen molar-refractivity contribution in [3.8, 4) is 16.9 Å². The molecule has 2 saturated heterocycles. The molecular formula is C31H39F3N2O4. The molecule has 9 heteroatoms. The molecule has 2 aliphatic heterocycles. The van der Waals surface area contributed by atoms with E-state index in [1.165, 1.54) is 19.2 Å².